The molecule has 2 aliphatic rings. The van der Waals surface area contributed by atoms with E-state index in [9.17, 15) is 9.59 Å². The average Bonchev–Trinajstić information content (AvgIpc) is 3.74. The number of carbonyl (C=O) groups is 2. The summed E-state index contributed by atoms with van der Waals surface area (Å²) < 4.78 is 12.8. The molecule has 0 bridgehead atoms. The lowest BCUT2D eigenvalue weighted by Gasteiger charge is -2.34. The van der Waals surface area contributed by atoms with Crippen LogP contribution in [-0.4, -0.2) is 67.3 Å². The van der Waals surface area contributed by atoms with Gasteiger partial charge in [0.2, 0.25) is 11.8 Å². The van der Waals surface area contributed by atoms with Crippen LogP contribution >= 0.6 is 0 Å². The van der Waals surface area contributed by atoms with Crippen molar-refractivity contribution in [3.8, 4) is 5.75 Å². The Hall–Kier alpha value is -3.36. The normalized spacial score (nSPS) is 19.1. The fraction of sp³-hybridized carbons (Fsp3) is 0.484. The number of ether oxygens (including phenoxy) is 2. The van der Waals surface area contributed by atoms with Crippen LogP contribution in [0.15, 0.2) is 54.7 Å². The standard InChI is InChI=1S/C31H40N4O4/c1-38-14-6-13-34-20-24(28-9-3-4-10-29(28)34)21-35(26-11-12-26)31(37)23-17-25(19-32-18-23)33-30(36)16-22-7-5-8-27(15-22)39-2/h3-5,7-10,15,20,23,25-26,32H,6,11-14,16-19,21H2,1-2H3,(H,33,36). The Morgan fingerprint density at radius 3 is 2.74 bits per heavy atom. The Morgan fingerprint density at radius 2 is 1.95 bits per heavy atom. The van der Waals surface area contributed by atoms with Crippen molar-refractivity contribution in [2.75, 3.05) is 33.9 Å². The number of nitrogens with zero attached hydrogens (tertiary/aromatic N) is 2. The summed E-state index contributed by atoms with van der Waals surface area (Å²) in [5.41, 5.74) is 3.30. The molecular weight excluding hydrogens is 492 g/mol. The van der Waals surface area contributed by atoms with Crippen molar-refractivity contribution in [2.45, 2.75) is 57.3 Å². The van der Waals surface area contributed by atoms with Crippen LogP contribution in [0.4, 0.5) is 0 Å². The molecule has 2 unspecified atom stereocenters. The molecule has 8 heteroatoms. The van der Waals surface area contributed by atoms with Crippen LogP contribution in [0.25, 0.3) is 10.9 Å². The number of amides is 2. The second kappa shape index (κ2) is 12.7. The summed E-state index contributed by atoms with van der Waals surface area (Å²) in [7, 11) is 3.35. The molecule has 2 aromatic carbocycles. The Balaban J connectivity index is 1.24. The number of aryl methyl sites for hydroxylation is 1. The highest BCUT2D eigenvalue weighted by molar-refractivity contribution is 5.85. The Labute approximate surface area is 230 Å². The van der Waals surface area contributed by atoms with Crippen LogP contribution in [0.2, 0.25) is 0 Å². The molecule has 2 heterocycles. The summed E-state index contributed by atoms with van der Waals surface area (Å²) in [4.78, 5) is 28.7. The van der Waals surface area contributed by atoms with E-state index in [1.54, 1.807) is 14.2 Å². The molecule has 0 spiro atoms. The monoisotopic (exact) mass is 532 g/mol. The smallest absolute Gasteiger partial charge is 0.227 e. The fourth-order valence-corrected chi connectivity index (χ4v) is 5.69. The van der Waals surface area contributed by atoms with E-state index < -0.39 is 0 Å². The van der Waals surface area contributed by atoms with Gasteiger partial charge >= 0.3 is 0 Å². The van der Waals surface area contributed by atoms with Gasteiger partial charge in [-0.1, -0.05) is 30.3 Å². The first-order valence-corrected chi connectivity index (χ1v) is 14.0. The number of aromatic nitrogens is 1. The van der Waals surface area contributed by atoms with Gasteiger partial charge in [0.15, 0.2) is 0 Å². The summed E-state index contributed by atoms with van der Waals surface area (Å²) in [6, 6.07) is 16.2. The molecule has 8 nitrogen and oxygen atoms in total. The van der Waals surface area contributed by atoms with Crippen molar-refractivity contribution in [2.24, 2.45) is 5.92 Å². The topological polar surface area (TPSA) is 84.8 Å². The van der Waals surface area contributed by atoms with Crippen LogP contribution < -0.4 is 15.4 Å². The molecule has 3 aromatic rings. The Kier molecular flexibility index (Phi) is 8.84. The van der Waals surface area contributed by atoms with Crippen molar-refractivity contribution < 1.29 is 19.1 Å². The molecule has 1 saturated heterocycles. The summed E-state index contributed by atoms with van der Waals surface area (Å²) in [5.74, 6) is 0.733. The van der Waals surface area contributed by atoms with Gasteiger partial charge in [0, 0.05) is 69.1 Å². The molecule has 2 atom stereocenters. The zero-order valence-electron chi connectivity index (χ0n) is 23.0. The van der Waals surface area contributed by atoms with Gasteiger partial charge in [0.1, 0.15) is 5.75 Å². The third kappa shape index (κ3) is 6.81. The number of piperidine rings is 1. The molecule has 208 valence electrons. The van der Waals surface area contributed by atoms with Crippen molar-refractivity contribution in [1.29, 1.82) is 0 Å². The Morgan fingerprint density at radius 1 is 1.10 bits per heavy atom. The van der Waals surface area contributed by atoms with Crippen LogP contribution in [0.5, 0.6) is 5.75 Å². The lowest BCUT2D eigenvalue weighted by atomic mass is 9.93. The first-order valence-electron chi connectivity index (χ1n) is 14.0. The van der Waals surface area contributed by atoms with E-state index in [1.165, 1.54) is 16.5 Å². The van der Waals surface area contributed by atoms with Crippen LogP contribution in [0.1, 0.15) is 36.8 Å². The number of hydrogen-bond donors (Lipinski definition) is 2. The minimum Gasteiger partial charge on any atom is -0.497 e. The molecule has 39 heavy (non-hydrogen) atoms. The van der Waals surface area contributed by atoms with Gasteiger partial charge in [-0.15, -0.1) is 0 Å². The largest absolute Gasteiger partial charge is 0.497 e. The second-order valence-corrected chi connectivity index (χ2v) is 10.8. The molecule has 2 fully saturated rings. The molecule has 1 aliphatic heterocycles. The third-order valence-electron chi connectivity index (χ3n) is 7.79. The van der Waals surface area contributed by atoms with E-state index in [2.05, 4.69) is 50.6 Å². The van der Waals surface area contributed by atoms with Gasteiger partial charge in [-0.05, 0) is 55.0 Å². The SMILES string of the molecule is COCCCn1cc(CN(C(=O)C2CNCC(NC(=O)Cc3cccc(OC)c3)C2)C2CC2)c2ccccc21. The number of nitrogens with one attached hydrogen (secondary N) is 2. The predicted molar refractivity (Wildman–Crippen MR) is 152 cm³/mol. The highest BCUT2D eigenvalue weighted by Crippen LogP contribution is 2.33. The molecule has 1 saturated carbocycles. The van der Waals surface area contributed by atoms with E-state index in [-0.39, 0.29) is 30.2 Å². The first-order chi connectivity index (χ1) is 19.1. The van der Waals surface area contributed by atoms with E-state index in [4.69, 9.17) is 9.47 Å². The summed E-state index contributed by atoms with van der Waals surface area (Å²) in [5, 5.41) is 7.75. The Bertz CT molecular complexity index is 1280. The van der Waals surface area contributed by atoms with Gasteiger partial charge in [0.05, 0.1) is 19.4 Å². The quantitative estimate of drug-likeness (QED) is 0.349. The predicted octanol–water partition coefficient (Wildman–Crippen LogP) is 3.51. The number of benzene rings is 2. The second-order valence-electron chi connectivity index (χ2n) is 10.8. The zero-order chi connectivity index (χ0) is 27.2. The summed E-state index contributed by atoms with van der Waals surface area (Å²) in [6.07, 6.45) is 6.20. The minimum absolute atomic E-state index is 0.0384. The number of para-hydroxylation sites is 1. The molecule has 2 N–H and O–H groups in total. The van der Waals surface area contributed by atoms with Crippen LogP contribution in [0, 0.1) is 5.92 Å². The molecule has 2 amide bonds. The van der Waals surface area contributed by atoms with E-state index in [0.717, 1.165) is 43.7 Å². The van der Waals surface area contributed by atoms with Crippen molar-refractivity contribution in [1.82, 2.24) is 20.1 Å². The maximum atomic E-state index is 13.9. The molecule has 1 aliphatic carbocycles. The lowest BCUT2D eigenvalue weighted by Crippen LogP contribution is -2.53. The fourth-order valence-electron chi connectivity index (χ4n) is 5.69. The van der Waals surface area contributed by atoms with Crippen LogP contribution in [-0.2, 0) is 33.8 Å². The number of hydrogen-bond acceptors (Lipinski definition) is 5. The first kappa shape index (κ1) is 27.2. The highest BCUT2D eigenvalue weighted by atomic mass is 16.5. The highest BCUT2D eigenvalue weighted by Gasteiger charge is 2.38. The molecular formula is C31H40N4O4. The lowest BCUT2D eigenvalue weighted by molar-refractivity contribution is -0.138. The van der Waals surface area contributed by atoms with Crippen LogP contribution in [0.3, 0.4) is 0 Å². The molecule has 5 rings (SSSR count). The maximum Gasteiger partial charge on any atom is 0.227 e. The van der Waals surface area contributed by atoms with Gasteiger partial charge in [-0.2, -0.15) is 0 Å². The number of methoxy groups -OCH3 is 2. The van der Waals surface area contributed by atoms with Crippen molar-refractivity contribution >= 4 is 22.7 Å². The molecule has 0 radical (unpaired) electrons. The third-order valence-corrected chi connectivity index (χ3v) is 7.79. The van der Waals surface area contributed by atoms with E-state index >= 15 is 0 Å². The minimum atomic E-state index is -0.156. The van der Waals surface area contributed by atoms with Crippen molar-refractivity contribution in [3.63, 3.8) is 0 Å². The van der Waals surface area contributed by atoms with E-state index in [1.807, 2.05) is 24.3 Å². The van der Waals surface area contributed by atoms with Gasteiger partial charge < -0.3 is 29.6 Å². The van der Waals surface area contributed by atoms with Gasteiger partial charge in [-0.25, -0.2) is 0 Å². The zero-order valence-corrected chi connectivity index (χ0v) is 23.0. The van der Waals surface area contributed by atoms with Gasteiger partial charge in [0.25, 0.3) is 0 Å². The number of rotatable bonds is 12. The molecule has 1 aromatic heterocycles. The number of carbonyl (C=O) groups excluding carboxylic acids is 2. The van der Waals surface area contributed by atoms with Gasteiger partial charge in [-0.3, -0.25) is 9.59 Å². The maximum absolute atomic E-state index is 13.9. The summed E-state index contributed by atoms with van der Waals surface area (Å²) >= 11 is 0. The van der Waals surface area contributed by atoms with E-state index in [0.29, 0.717) is 32.1 Å². The summed E-state index contributed by atoms with van der Waals surface area (Å²) in [6.45, 7) is 3.54. The number of fused-ring (bicyclic) bond motifs is 1. The van der Waals surface area contributed by atoms with Crippen molar-refractivity contribution in [3.05, 3.63) is 65.9 Å². The average molecular weight is 533 g/mol.